The van der Waals surface area contributed by atoms with Crippen molar-refractivity contribution in [3.8, 4) is 5.69 Å². The molecule has 1 aromatic heterocycles. The molecule has 0 unspecified atom stereocenters. The number of carbonyl (C=O) groups is 1. The van der Waals surface area contributed by atoms with Crippen molar-refractivity contribution in [1.29, 1.82) is 0 Å². The number of hydrazone groups is 1. The van der Waals surface area contributed by atoms with E-state index >= 15 is 0 Å². The molecule has 5 heteroatoms. The summed E-state index contributed by atoms with van der Waals surface area (Å²) in [5, 5.41) is 15.8. The lowest BCUT2D eigenvalue weighted by Gasteiger charge is -2.27. The summed E-state index contributed by atoms with van der Waals surface area (Å²) in [6.07, 6.45) is 1.62. The molecule has 0 fully saturated rings. The third-order valence-electron chi connectivity index (χ3n) is 6.54. The second kappa shape index (κ2) is 9.96. The minimum absolute atomic E-state index is 0.0940. The van der Waals surface area contributed by atoms with Crippen LogP contribution in [-0.4, -0.2) is 21.8 Å². The zero-order valence-corrected chi connectivity index (χ0v) is 21.5. The lowest BCUT2D eigenvalue weighted by atomic mass is 9.85. The number of aliphatic hydroxyl groups is 1. The van der Waals surface area contributed by atoms with Crippen LogP contribution in [0.4, 0.5) is 0 Å². The number of hydrogen-bond acceptors (Lipinski definition) is 3. The van der Waals surface area contributed by atoms with E-state index in [2.05, 4.69) is 60.1 Å². The molecule has 4 rings (SSSR count). The first-order valence-electron chi connectivity index (χ1n) is 12.1. The third kappa shape index (κ3) is 4.88. The van der Waals surface area contributed by atoms with E-state index < -0.39 is 11.5 Å². The van der Waals surface area contributed by atoms with Crippen LogP contribution < -0.4 is 5.43 Å². The Bertz CT molecular complexity index is 1320. The van der Waals surface area contributed by atoms with Gasteiger partial charge in [-0.2, -0.15) is 5.10 Å². The number of aryl methyl sites for hydroxylation is 1. The topological polar surface area (TPSA) is 66.6 Å². The van der Waals surface area contributed by atoms with Gasteiger partial charge in [0.25, 0.3) is 5.91 Å². The molecule has 0 bridgehead atoms. The zero-order valence-electron chi connectivity index (χ0n) is 21.5. The first-order chi connectivity index (χ1) is 17.1. The average Bonchev–Trinajstić information content (AvgIpc) is 3.16. The summed E-state index contributed by atoms with van der Waals surface area (Å²) in [7, 11) is 0. The normalized spacial score (nSPS) is 12.2. The van der Waals surface area contributed by atoms with E-state index in [4.69, 9.17) is 0 Å². The lowest BCUT2D eigenvalue weighted by Crippen LogP contribution is -2.43. The molecule has 36 heavy (non-hydrogen) atoms. The first kappa shape index (κ1) is 25.1. The maximum atomic E-state index is 13.3. The van der Waals surface area contributed by atoms with Crippen molar-refractivity contribution < 1.29 is 9.90 Å². The summed E-state index contributed by atoms with van der Waals surface area (Å²) < 4.78 is 2.17. The fourth-order valence-electron chi connectivity index (χ4n) is 4.46. The molecule has 0 radical (unpaired) electrons. The number of carbonyl (C=O) groups excluding carboxylic acids is 1. The highest BCUT2D eigenvalue weighted by Crippen LogP contribution is 2.30. The van der Waals surface area contributed by atoms with Crippen LogP contribution >= 0.6 is 0 Å². The van der Waals surface area contributed by atoms with Gasteiger partial charge in [-0.3, -0.25) is 4.79 Å². The van der Waals surface area contributed by atoms with Crippen molar-refractivity contribution in [1.82, 2.24) is 9.99 Å². The largest absolute Gasteiger partial charge is 0.372 e. The van der Waals surface area contributed by atoms with E-state index in [1.54, 1.807) is 54.7 Å². The van der Waals surface area contributed by atoms with Crippen LogP contribution in [0.1, 0.15) is 54.4 Å². The number of nitrogens with one attached hydrogen (secondary N) is 1. The van der Waals surface area contributed by atoms with E-state index in [0.29, 0.717) is 11.1 Å². The molecule has 4 aromatic rings. The molecule has 1 amide bonds. The summed E-state index contributed by atoms with van der Waals surface area (Å²) in [5.74, 6) is -0.622. The monoisotopic (exact) mass is 479 g/mol. The van der Waals surface area contributed by atoms with Crippen LogP contribution in [0.5, 0.6) is 0 Å². The molecular formula is C31H33N3O2. The zero-order chi connectivity index (χ0) is 25.9. The van der Waals surface area contributed by atoms with Crippen molar-refractivity contribution >= 4 is 12.1 Å². The van der Waals surface area contributed by atoms with Gasteiger partial charge in [0.2, 0.25) is 0 Å². The molecule has 0 saturated carbocycles. The van der Waals surface area contributed by atoms with Gasteiger partial charge in [-0.1, -0.05) is 93.6 Å². The standard InChI is InChI=1S/C31H33N3O2/c1-22-20-24(23(2)34(22)28-18-16-25(17-19-28)30(3,4)5)21-32-33-29(35)31(36,26-12-8-6-9-13-26)27-14-10-7-11-15-27/h6-21,36H,1-5H3,(H,33,35). The Morgan fingerprint density at radius 2 is 1.36 bits per heavy atom. The third-order valence-corrected chi connectivity index (χ3v) is 6.54. The smallest absolute Gasteiger partial charge is 0.281 e. The molecule has 0 aliphatic rings. The Balaban J connectivity index is 1.59. The maximum Gasteiger partial charge on any atom is 0.281 e. The molecule has 0 aliphatic heterocycles. The summed E-state index contributed by atoms with van der Waals surface area (Å²) in [6, 6.07) is 28.4. The Hall–Kier alpha value is -3.96. The SMILES string of the molecule is Cc1cc(C=NNC(=O)C(O)(c2ccccc2)c2ccccc2)c(C)n1-c1ccc(C(C)(C)C)cc1. The molecule has 1 heterocycles. The Morgan fingerprint density at radius 1 is 0.833 bits per heavy atom. The van der Waals surface area contributed by atoms with Crippen molar-refractivity contribution in [2.24, 2.45) is 5.10 Å². The molecule has 0 spiro atoms. The van der Waals surface area contributed by atoms with Crippen LogP contribution in [0, 0.1) is 13.8 Å². The van der Waals surface area contributed by atoms with Crippen molar-refractivity contribution in [2.75, 3.05) is 0 Å². The van der Waals surface area contributed by atoms with Crippen LogP contribution in [0.2, 0.25) is 0 Å². The van der Waals surface area contributed by atoms with Gasteiger partial charge < -0.3 is 9.67 Å². The van der Waals surface area contributed by atoms with Crippen molar-refractivity contribution in [3.63, 3.8) is 0 Å². The van der Waals surface area contributed by atoms with Crippen LogP contribution in [0.3, 0.4) is 0 Å². The van der Waals surface area contributed by atoms with Crippen LogP contribution in [-0.2, 0) is 15.8 Å². The number of amides is 1. The predicted octanol–water partition coefficient (Wildman–Crippen LogP) is 5.78. The molecule has 0 atom stereocenters. The predicted molar refractivity (Wildman–Crippen MR) is 146 cm³/mol. The van der Waals surface area contributed by atoms with Gasteiger partial charge in [-0.05, 0) is 54.2 Å². The number of aromatic nitrogens is 1. The summed E-state index contributed by atoms with van der Waals surface area (Å²) in [6.45, 7) is 10.7. The maximum absolute atomic E-state index is 13.3. The Morgan fingerprint density at radius 3 is 1.86 bits per heavy atom. The van der Waals surface area contributed by atoms with E-state index in [0.717, 1.165) is 22.6 Å². The van der Waals surface area contributed by atoms with Gasteiger partial charge in [0, 0.05) is 22.6 Å². The molecule has 5 nitrogen and oxygen atoms in total. The van der Waals surface area contributed by atoms with Gasteiger partial charge in [-0.25, -0.2) is 5.43 Å². The van der Waals surface area contributed by atoms with E-state index in [9.17, 15) is 9.90 Å². The minimum atomic E-state index is -1.87. The molecule has 184 valence electrons. The molecular weight excluding hydrogens is 446 g/mol. The number of nitrogens with zero attached hydrogens (tertiary/aromatic N) is 2. The molecule has 0 aliphatic carbocycles. The van der Waals surface area contributed by atoms with Crippen LogP contribution in [0.25, 0.3) is 5.69 Å². The highest BCUT2D eigenvalue weighted by molar-refractivity contribution is 5.91. The second-order valence-electron chi connectivity index (χ2n) is 10.1. The highest BCUT2D eigenvalue weighted by atomic mass is 16.3. The van der Waals surface area contributed by atoms with Crippen molar-refractivity contribution in [2.45, 2.75) is 45.6 Å². The number of rotatable bonds is 6. The minimum Gasteiger partial charge on any atom is -0.372 e. The second-order valence-corrected chi connectivity index (χ2v) is 10.1. The molecule has 2 N–H and O–H groups in total. The van der Waals surface area contributed by atoms with Gasteiger partial charge in [0.05, 0.1) is 6.21 Å². The Kier molecular flexibility index (Phi) is 6.95. The van der Waals surface area contributed by atoms with Crippen molar-refractivity contribution in [3.05, 3.63) is 125 Å². The number of hydrogen-bond donors (Lipinski definition) is 2. The molecule has 3 aromatic carbocycles. The fraction of sp³-hybridized carbons (Fsp3) is 0.226. The van der Waals surface area contributed by atoms with E-state index in [1.165, 1.54) is 5.56 Å². The van der Waals surface area contributed by atoms with E-state index in [1.807, 2.05) is 32.0 Å². The van der Waals surface area contributed by atoms with E-state index in [-0.39, 0.29) is 5.41 Å². The van der Waals surface area contributed by atoms with Crippen LogP contribution in [0.15, 0.2) is 96.1 Å². The van der Waals surface area contributed by atoms with Gasteiger partial charge in [0.15, 0.2) is 5.60 Å². The van der Waals surface area contributed by atoms with Gasteiger partial charge in [-0.15, -0.1) is 0 Å². The lowest BCUT2D eigenvalue weighted by molar-refractivity contribution is -0.136. The quantitative estimate of drug-likeness (QED) is 0.272. The fourth-order valence-corrected chi connectivity index (χ4v) is 4.46. The van der Waals surface area contributed by atoms with Gasteiger partial charge in [0.1, 0.15) is 0 Å². The first-order valence-corrected chi connectivity index (χ1v) is 12.1. The van der Waals surface area contributed by atoms with Gasteiger partial charge >= 0.3 is 0 Å². The highest BCUT2D eigenvalue weighted by Gasteiger charge is 2.39. The Labute approximate surface area is 213 Å². The summed E-state index contributed by atoms with van der Waals surface area (Å²) in [5.41, 5.74) is 7.04. The number of benzene rings is 3. The molecule has 0 saturated heterocycles. The average molecular weight is 480 g/mol. The summed E-state index contributed by atoms with van der Waals surface area (Å²) >= 11 is 0. The summed E-state index contributed by atoms with van der Waals surface area (Å²) in [4.78, 5) is 13.3.